The van der Waals surface area contributed by atoms with Crippen molar-refractivity contribution in [2.45, 2.75) is 46.7 Å². The first-order valence-electron chi connectivity index (χ1n) is 8.64. The summed E-state index contributed by atoms with van der Waals surface area (Å²) in [5, 5.41) is 13.0. The van der Waals surface area contributed by atoms with E-state index in [1.165, 1.54) is 5.56 Å². The molecule has 0 saturated carbocycles. The van der Waals surface area contributed by atoms with Crippen LogP contribution in [0.1, 0.15) is 48.6 Å². The van der Waals surface area contributed by atoms with Gasteiger partial charge >= 0.3 is 0 Å². The largest absolute Gasteiger partial charge is 0.424 e. The minimum absolute atomic E-state index is 0.0478. The second kappa shape index (κ2) is 7.19. The summed E-state index contributed by atoms with van der Waals surface area (Å²) in [7, 11) is 2.07. The first kappa shape index (κ1) is 17.4. The third-order valence-electron chi connectivity index (χ3n) is 4.65. The maximum absolute atomic E-state index is 5.70. The van der Waals surface area contributed by atoms with Gasteiger partial charge in [-0.2, -0.15) is 5.10 Å². The van der Waals surface area contributed by atoms with E-state index in [4.69, 9.17) is 9.52 Å². The summed E-state index contributed by atoms with van der Waals surface area (Å²) in [5.41, 5.74) is 4.51. The molecule has 0 unspecified atom stereocenters. The molecule has 3 rings (SSSR count). The molecule has 0 saturated heterocycles. The number of rotatable bonds is 6. The lowest BCUT2D eigenvalue weighted by Gasteiger charge is -2.22. The van der Waals surface area contributed by atoms with Crippen LogP contribution in [-0.2, 0) is 13.0 Å². The van der Waals surface area contributed by atoms with Crippen molar-refractivity contribution in [3.63, 3.8) is 0 Å². The van der Waals surface area contributed by atoms with E-state index in [9.17, 15) is 0 Å². The topological polar surface area (TPSA) is 60.0 Å². The molecule has 1 aromatic carbocycles. The molecule has 0 aliphatic rings. The Kier molecular flexibility index (Phi) is 4.99. The van der Waals surface area contributed by atoms with Crippen molar-refractivity contribution in [3.8, 4) is 5.69 Å². The van der Waals surface area contributed by atoms with Gasteiger partial charge in [-0.3, -0.25) is 4.90 Å². The van der Waals surface area contributed by atoms with Crippen molar-refractivity contribution < 1.29 is 4.42 Å². The van der Waals surface area contributed by atoms with E-state index in [2.05, 4.69) is 55.0 Å². The summed E-state index contributed by atoms with van der Waals surface area (Å²) in [6.45, 7) is 9.04. The van der Waals surface area contributed by atoms with Crippen LogP contribution < -0.4 is 0 Å². The predicted molar refractivity (Wildman–Crippen MR) is 96.6 cm³/mol. The van der Waals surface area contributed by atoms with Crippen LogP contribution in [0.4, 0.5) is 0 Å². The molecule has 0 radical (unpaired) electrons. The van der Waals surface area contributed by atoms with Crippen molar-refractivity contribution in [2.24, 2.45) is 0 Å². The Morgan fingerprint density at radius 1 is 1.16 bits per heavy atom. The molecule has 0 aliphatic heterocycles. The molecule has 6 nitrogen and oxygen atoms in total. The van der Waals surface area contributed by atoms with E-state index in [1.807, 2.05) is 29.8 Å². The van der Waals surface area contributed by atoms with Crippen LogP contribution in [0, 0.1) is 13.8 Å². The third-order valence-corrected chi connectivity index (χ3v) is 4.65. The molecule has 0 bridgehead atoms. The molecule has 25 heavy (non-hydrogen) atoms. The molecule has 0 spiro atoms. The summed E-state index contributed by atoms with van der Waals surface area (Å²) in [6.07, 6.45) is 0.755. The predicted octanol–water partition coefficient (Wildman–Crippen LogP) is 3.63. The molecule has 132 valence electrons. The molecular weight excluding hydrogens is 314 g/mol. The summed E-state index contributed by atoms with van der Waals surface area (Å²) in [5.74, 6) is 1.34. The number of nitrogens with zero attached hydrogens (tertiary/aromatic N) is 5. The van der Waals surface area contributed by atoms with E-state index < -0.39 is 0 Å². The van der Waals surface area contributed by atoms with Gasteiger partial charge in [0.1, 0.15) is 0 Å². The summed E-state index contributed by atoms with van der Waals surface area (Å²) >= 11 is 0. The number of aromatic nitrogens is 4. The van der Waals surface area contributed by atoms with E-state index in [1.54, 1.807) is 0 Å². The number of benzene rings is 1. The van der Waals surface area contributed by atoms with Crippen LogP contribution in [0.25, 0.3) is 5.69 Å². The number of hydrogen-bond acceptors (Lipinski definition) is 5. The number of para-hydroxylation sites is 1. The van der Waals surface area contributed by atoms with Crippen LogP contribution in [-0.4, -0.2) is 31.9 Å². The zero-order valence-electron chi connectivity index (χ0n) is 15.5. The van der Waals surface area contributed by atoms with Gasteiger partial charge in [0.25, 0.3) is 0 Å². The quantitative estimate of drug-likeness (QED) is 0.686. The zero-order chi connectivity index (χ0) is 18.0. The second-order valence-corrected chi connectivity index (χ2v) is 6.38. The third kappa shape index (κ3) is 3.49. The maximum atomic E-state index is 5.70. The van der Waals surface area contributed by atoms with Gasteiger partial charge in [-0.1, -0.05) is 25.1 Å². The molecule has 0 fully saturated rings. The smallest absolute Gasteiger partial charge is 0.233 e. The Bertz CT molecular complexity index is 837. The second-order valence-electron chi connectivity index (χ2n) is 6.38. The average molecular weight is 339 g/mol. The van der Waals surface area contributed by atoms with Crippen LogP contribution in [0.2, 0.25) is 0 Å². The molecule has 6 heteroatoms. The summed E-state index contributed by atoms with van der Waals surface area (Å²) < 4.78 is 7.71. The molecule has 0 N–H and O–H groups in total. The molecule has 0 amide bonds. The van der Waals surface area contributed by atoms with Crippen LogP contribution >= 0.6 is 0 Å². The lowest BCUT2D eigenvalue weighted by atomic mass is 10.1. The highest BCUT2D eigenvalue weighted by molar-refractivity contribution is 5.36. The SMILES string of the molecule is CCc1nnc([C@@H](C)N(C)Cc2c(C)nn(-c3ccccc3)c2C)o1. The first-order chi connectivity index (χ1) is 12.0. The summed E-state index contributed by atoms with van der Waals surface area (Å²) in [6, 6.07) is 10.3. The molecule has 1 atom stereocenters. The number of aryl methyl sites for hydroxylation is 2. The molecule has 0 aliphatic carbocycles. The minimum Gasteiger partial charge on any atom is -0.424 e. The Labute approximate surface area is 148 Å². The zero-order valence-corrected chi connectivity index (χ0v) is 15.5. The highest BCUT2D eigenvalue weighted by atomic mass is 16.4. The van der Waals surface area contributed by atoms with Gasteiger partial charge in [0, 0.05) is 24.2 Å². The van der Waals surface area contributed by atoms with Crippen LogP contribution in [0.3, 0.4) is 0 Å². The van der Waals surface area contributed by atoms with Crippen molar-refractivity contribution in [1.29, 1.82) is 0 Å². The lowest BCUT2D eigenvalue weighted by molar-refractivity contribution is 0.213. The van der Waals surface area contributed by atoms with Gasteiger partial charge < -0.3 is 4.42 Å². The fourth-order valence-corrected chi connectivity index (χ4v) is 2.88. The summed E-state index contributed by atoms with van der Waals surface area (Å²) in [4.78, 5) is 2.21. The van der Waals surface area contributed by atoms with Crippen molar-refractivity contribution in [2.75, 3.05) is 7.05 Å². The molecule has 2 aromatic heterocycles. The first-order valence-corrected chi connectivity index (χ1v) is 8.64. The van der Waals surface area contributed by atoms with Crippen molar-refractivity contribution in [3.05, 3.63) is 59.1 Å². The average Bonchev–Trinajstić information content (AvgIpc) is 3.22. The van der Waals surface area contributed by atoms with Gasteiger partial charge in [0.05, 0.1) is 17.4 Å². The standard InChI is InChI=1S/C19H25N5O/c1-6-18-20-21-19(25-18)15(4)23(5)12-17-13(2)22-24(14(17)3)16-10-8-7-9-11-16/h7-11,15H,6,12H2,1-5H3/t15-/m1/s1. The van der Waals surface area contributed by atoms with Gasteiger partial charge in [0.2, 0.25) is 11.8 Å². The Hall–Kier alpha value is -2.47. The fraction of sp³-hybridized carbons (Fsp3) is 0.421. The van der Waals surface area contributed by atoms with E-state index in [0.717, 1.165) is 30.0 Å². The molecule has 3 aromatic rings. The Balaban J connectivity index is 1.81. The van der Waals surface area contributed by atoms with Crippen molar-refractivity contribution >= 4 is 0 Å². The van der Waals surface area contributed by atoms with Gasteiger partial charge in [0.15, 0.2) is 0 Å². The molecular formula is C19H25N5O. The van der Waals surface area contributed by atoms with Gasteiger partial charge in [-0.05, 0) is 40.0 Å². The van der Waals surface area contributed by atoms with Crippen molar-refractivity contribution in [1.82, 2.24) is 24.9 Å². The van der Waals surface area contributed by atoms with Gasteiger partial charge in [-0.25, -0.2) is 4.68 Å². The molecule has 2 heterocycles. The highest BCUT2D eigenvalue weighted by Gasteiger charge is 2.21. The van der Waals surface area contributed by atoms with Crippen LogP contribution in [0.15, 0.2) is 34.7 Å². The normalized spacial score (nSPS) is 12.7. The van der Waals surface area contributed by atoms with E-state index >= 15 is 0 Å². The van der Waals surface area contributed by atoms with E-state index in [-0.39, 0.29) is 6.04 Å². The fourth-order valence-electron chi connectivity index (χ4n) is 2.88. The lowest BCUT2D eigenvalue weighted by Crippen LogP contribution is -2.23. The Morgan fingerprint density at radius 3 is 2.52 bits per heavy atom. The monoisotopic (exact) mass is 339 g/mol. The van der Waals surface area contributed by atoms with E-state index in [0.29, 0.717) is 11.8 Å². The number of hydrogen-bond donors (Lipinski definition) is 0. The Morgan fingerprint density at radius 2 is 1.88 bits per heavy atom. The highest BCUT2D eigenvalue weighted by Crippen LogP contribution is 2.24. The van der Waals surface area contributed by atoms with Crippen LogP contribution in [0.5, 0.6) is 0 Å². The maximum Gasteiger partial charge on any atom is 0.233 e. The minimum atomic E-state index is 0.0478. The van der Waals surface area contributed by atoms with Gasteiger partial charge in [-0.15, -0.1) is 10.2 Å².